The molecule has 0 amide bonds. The molecule has 2 aromatic carbocycles. The van der Waals surface area contributed by atoms with Gasteiger partial charge >= 0.3 is 5.69 Å². The third kappa shape index (κ3) is 5.05. The minimum absolute atomic E-state index is 0.227. The zero-order chi connectivity index (χ0) is 27.7. The van der Waals surface area contributed by atoms with Gasteiger partial charge in [-0.1, -0.05) is 24.3 Å². The van der Waals surface area contributed by atoms with Gasteiger partial charge in [-0.2, -0.15) is 4.31 Å². The van der Waals surface area contributed by atoms with Gasteiger partial charge in [0.05, 0.1) is 17.5 Å². The van der Waals surface area contributed by atoms with Crippen LogP contribution in [0, 0.1) is 0 Å². The highest BCUT2D eigenvalue weighted by molar-refractivity contribution is 7.89. The number of benzene rings is 2. The molecular weight excluding hydrogens is 518 g/mol. The Morgan fingerprint density at radius 2 is 1.51 bits per heavy atom. The summed E-state index contributed by atoms with van der Waals surface area (Å²) in [5.74, 6) is 0.811. The summed E-state index contributed by atoms with van der Waals surface area (Å²) in [4.78, 5) is 31.1. The minimum atomic E-state index is -3.64. The molecule has 0 aliphatic carbocycles. The maximum Gasteiger partial charge on any atom is 0.331 e. The lowest BCUT2D eigenvalue weighted by atomic mass is 10.1. The van der Waals surface area contributed by atoms with Crippen molar-refractivity contribution in [2.45, 2.75) is 38.4 Å². The van der Waals surface area contributed by atoms with Crippen LogP contribution in [-0.2, 0) is 29.7 Å². The molecule has 0 atom stereocenters. The first-order valence-electron chi connectivity index (χ1n) is 13.1. The third-order valence-corrected chi connectivity index (χ3v) is 9.25. The molecule has 0 unspecified atom stereocenters. The largest absolute Gasteiger partial charge is 0.497 e. The van der Waals surface area contributed by atoms with Gasteiger partial charge in [0, 0.05) is 51.5 Å². The molecule has 3 heterocycles. The van der Waals surface area contributed by atoms with E-state index in [1.54, 1.807) is 48.9 Å². The van der Waals surface area contributed by atoms with E-state index in [1.165, 1.54) is 8.87 Å². The Morgan fingerprint density at radius 1 is 0.872 bits per heavy atom. The number of aromatic nitrogens is 3. The first-order valence-corrected chi connectivity index (χ1v) is 14.5. The Labute approximate surface area is 227 Å². The highest BCUT2D eigenvalue weighted by Gasteiger charge is 2.28. The summed E-state index contributed by atoms with van der Waals surface area (Å²) in [5.41, 5.74) is 2.73. The number of hydrogen-bond donors (Lipinski definition) is 1. The number of sulfonamides is 1. The Balaban J connectivity index is 1.31. The average Bonchev–Trinajstić information content (AvgIpc) is 3.40. The molecule has 10 nitrogen and oxygen atoms in total. The Kier molecular flexibility index (Phi) is 7.48. The van der Waals surface area contributed by atoms with Crippen molar-refractivity contribution in [3.05, 3.63) is 81.0 Å². The Morgan fingerprint density at radius 3 is 2.10 bits per heavy atom. The number of hydrogen-bond acceptors (Lipinski definition) is 6. The second-order valence-corrected chi connectivity index (χ2v) is 11.5. The summed E-state index contributed by atoms with van der Waals surface area (Å²) >= 11 is 0. The number of aryl methyl sites for hydroxylation is 1. The predicted molar refractivity (Wildman–Crippen MR) is 151 cm³/mol. The Bertz CT molecular complexity index is 1690. The van der Waals surface area contributed by atoms with Gasteiger partial charge < -0.3 is 9.72 Å². The van der Waals surface area contributed by atoms with Gasteiger partial charge in [-0.15, -0.1) is 0 Å². The molecule has 1 aliphatic heterocycles. The van der Waals surface area contributed by atoms with E-state index in [2.05, 4.69) is 9.88 Å². The van der Waals surface area contributed by atoms with Gasteiger partial charge in [0.1, 0.15) is 11.3 Å². The summed E-state index contributed by atoms with van der Waals surface area (Å²) in [7, 11) is -2.00. The molecular formula is C28H33N5O5S. The monoisotopic (exact) mass is 551 g/mol. The normalized spacial score (nSPS) is 15.2. The minimum Gasteiger partial charge on any atom is -0.497 e. The van der Waals surface area contributed by atoms with Crippen LogP contribution < -0.4 is 16.0 Å². The van der Waals surface area contributed by atoms with Crippen molar-refractivity contribution in [2.75, 3.05) is 33.3 Å². The highest BCUT2D eigenvalue weighted by Crippen LogP contribution is 2.25. The molecule has 0 spiro atoms. The van der Waals surface area contributed by atoms with E-state index in [4.69, 9.17) is 4.74 Å². The molecule has 1 fully saturated rings. The summed E-state index contributed by atoms with van der Waals surface area (Å²) in [5, 5.41) is 0. The van der Waals surface area contributed by atoms with E-state index >= 15 is 0 Å². The highest BCUT2D eigenvalue weighted by atomic mass is 32.2. The van der Waals surface area contributed by atoms with Crippen LogP contribution in [0.4, 0.5) is 0 Å². The lowest BCUT2D eigenvalue weighted by Crippen LogP contribution is -2.48. The number of H-pyrrole nitrogens is 1. The van der Waals surface area contributed by atoms with Crippen molar-refractivity contribution in [1.29, 1.82) is 0 Å². The molecule has 1 saturated heterocycles. The molecule has 0 saturated carbocycles. The van der Waals surface area contributed by atoms with Crippen molar-refractivity contribution in [2.24, 2.45) is 0 Å². The van der Waals surface area contributed by atoms with Gasteiger partial charge in [0.25, 0.3) is 5.56 Å². The molecule has 0 bridgehead atoms. The second-order valence-electron chi connectivity index (χ2n) is 9.57. The quantitative estimate of drug-likeness (QED) is 0.361. The molecule has 1 N–H and O–H groups in total. The zero-order valence-corrected chi connectivity index (χ0v) is 23.2. The molecule has 206 valence electrons. The van der Waals surface area contributed by atoms with Crippen molar-refractivity contribution in [1.82, 2.24) is 23.3 Å². The van der Waals surface area contributed by atoms with Crippen molar-refractivity contribution >= 4 is 21.1 Å². The smallest absolute Gasteiger partial charge is 0.331 e. The van der Waals surface area contributed by atoms with Crippen LogP contribution in [-0.4, -0.2) is 65.0 Å². The number of fused-ring (bicyclic) bond motifs is 1. The van der Waals surface area contributed by atoms with Gasteiger partial charge in [-0.25, -0.2) is 13.2 Å². The fourth-order valence-corrected chi connectivity index (χ4v) is 6.52. The topological polar surface area (TPSA) is 110 Å². The van der Waals surface area contributed by atoms with Crippen molar-refractivity contribution < 1.29 is 13.2 Å². The van der Waals surface area contributed by atoms with Crippen LogP contribution >= 0.6 is 0 Å². The average molecular weight is 552 g/mol. The van der Waals surface area contributed by atoms with Crippen LogP contribution in [0.25, 0.3) is 22.3 Å². The van der Waals surface area contributed by atoms with Crippen LogP contribution in [0.1, 0.15) is 19.4 Å². The number of piperazine rings is 1. The van der Waals surface area contributed by atoms with E-state index in [-0.39, 0.29) is 22.7 Å². The second kappa shape index (κ2) is 10.8. The van der Waals surface area contributed by atoms with E-state index in [0.29, 0.717) is 49.5 Å². The maximum absolute atomic E-state index is 13.4. The molecule has 0 radical (unpaired) electrons. The zero-order valence-electron chi connectivity index (χ0n) is 22.4. The van der Waals surface area contributed by atoms with Gasteiger partial charge in [0.15, 0.2) is 0 Å². The molecule has 4 aromatic rings. The van der Waals surface area contributed by atoms with E-state index in [0.717, 1.165) is 23.4 Å². The number of methoxy groups -OCH3 is 1. The summed E-state index contributed by atoms with van der Waals surface area (Å²) < 4.78 is 36.2. The third-order valence-electron chi connectivity index (χ3n) is 7.34. The Hall–Kier alpha value is -3.67. The lowest BCUT2D eigenvalue weighted by Gasteiger charge is -2.34. The summed E-state index contributed by atoms with van der Waals surface area (Å²) in [6, 6.07) is 16.3. The number of ether oxygens (including phenoxy) is 1. The number of nitrogens with one attached hydrogen (secondary N) is 1. The molecule has 2 aromatic heterocycles. The van der Waals surface area contributed by atoms with Crippen LogP contribution in [0.2, 0.25) is 0 Å². The van der Waals surface area contributed by atoms with Crippen molar-refractivity contribution in [3.8, 4) is 17.0 Å². The van der Waals surface area contributed by atoms with Gasteiger partial charge in [0.2, 0.25) is 10.0 Å². The molecule has 1 aliphatic rings. The van der Waals surface area contributed by atoms with Crippen LogP contribution in [0.5, 0.6) is 5.75 Å². The van der Waals surface area contributed by atoms with Gasteiger partial charge in [-0.05, 0) is 55.3 Å². The first-order chi connectivity index (χ1) is 18.8. The molecule has 39 heavy (non-hydrogen) atoms. The molecule has 11 heteroatoms. The van der Waals surface area contributed by atoms with Crippen LogP contribution in [0.3, 0.4) is 0 Å². The van der Waals surface area contributed by atoms with Gasteiger partial charge in [-0.3, -0.25) is 18.8 Å². The fourth-order valence-electron chi connectivity index (χ4n) is 5.10. The van der Waals surface area contributed by atoms with Crippen molar-refractivity contribution in [3.63, 3.8) is 0 Å². The number of rotatable bonds is 8. The first kappa shape index (κ1) is 26.9. The SMILES string of the molecule is CCn1c(=O)c2[nH]c(-c3ccc(S(=O)(=O)N4CCN(Cc5ccc(OC)cc5)CC4)cc3)cc2n(CC)c1=O. The predicted octanol–water partition coefficient (Wildman–Crippen LogP) is 2.71. The van der Waals surface area contributed by atoms with Crippen LogP contribution in [0.15, 0.2) is 69.1 Å². The van der Waals surface area contributed by atoms with E-state index in [9.17, 15) is 18.0 Å². The number of nitrogens with zero attached hydrogens (tertiary/aromatic N) is 4. The lowest BCUT2D eigenvalue weighted by molar-refractivity contribution is 0.181. The van der Waals surface area contributed by atoms with E-state index < -0.39 is 10.0 Å². The maximum atomic E-state index is 13.4. The number of aromatic amines is 1. The standard InChI is InChI=1S/C28H33N5O5S/c1-4-32-25-18-24(29-26(25)27(34)33(5-2)28(32)35)21-8-12-23(13-9-21)39(36,37)31-16-14-30(15-17-31)19-20-6-10-22(38-3)11-7-20/h6-13,18,29H,4-5,14-17,19H2,1-3H3. The summed E-state index contributed by atoms with van der Waals surface area (Å²) in [6.07, 6.45) is 0. The van der Waals surface area contributed by atoms with E-state index in [1.807, 2.05) is 31.2 Å². The molecule has 5 rings (SSSR count). The fraction of sp³-hybridized carbons (Fsp3) is 0.357. The summed E-state index contributed by atoms with van der Waals surface area (Å²) in [6.45, 7) is 7.21.